The molecule has 1 aliphatic rings. The Bertz CT molecular complexity index is 372. The number of aromatic nitrogens is 1. The summed E-state index contributed by atoms with van der Waals surface area (Å²) in [5, 5.41) is 0. The SMILES string of the molecule is Cc1cc(N2CCN(CCCCCN)CC2)ccn1. The maximum Gasteiger partial charge on any atom is 0.0400 e. The van der Waals surface area contributed by atoms with Crippen LogP contribution in [-0.2, 0) is 0 Å². The largest absolute Gasteiger partial charge is 0.369 e. The van der Waals surface area contributed by atoms with Gasteiger partial charge in [-0.15, -0.1) is 0 Å². The molecule has 0 saturated carbocycles. The molecule has 0 radical (unpaired) electrons. The summed E-state index contributed by atoms with van der Waals surface area (Å²) in [5.74, 6) is 0. The van der Waals surface area contributed by atoms with Crippen LogP contribution in [0.5, 0.6) is 0 Å². The molecule has 19 heavy (non-hydrogen) atoms. The molecule has 1 fully saturated rings. The number of piperazine rings is 1. The molecule has 2 heterocycles. The van der Waals surface area contributed by atoms with Crippen LogP contribution in [0.15, 0.2) is 18.3 Å². The van der Waals surface area contributed by atoms with Gasteiger partial charge < -0.3 is 10.6 Å². The molecule has 0 aromatic carbocycles. The zero-order chi connectivity index (χ0) is 13.5. The minimum atomic E-state index is 0.829. The van der Waals surface area contributed by atoms with Crippen LogP contribution in [0.1, 0.15) is 25.0 Å². The number of hydrogen-bond acceptors (Lipinski definition) is 4. The van der Waals surface area contributed by atoms with Crippen molar-refractivity contribution in [3.8, 4) is 0 Å². The molecule has 0 aliphatic carbocycles. The molecule has 106 valence electrons. The van der Waals surface area contributed by atoms with E-state index < -0.39 is 0 Å². The van der Waals surface area contributed by atoms with E-state index in [1.54, 1.807) is 0 Å². The molecule has 1 aromatic heterocycles. The van der Waals surface area contributed by atoms with Crippen LogP contribution < -0.4 is 10.6 Å². The van der Waals surface area contributed by atoms with Gasteiger partial charge in [0.1, 0.15) is 0 Å². The lowest BCUT2D eigenvalue weighted by Crippen LogP contribution is -2.46. The maximum absolute atomic E-state index is 5.52. The van der Waals surface area contributed by atoms with Gasteiger partial charge in [-0.1, -0.05) is 6.42 Å². The number of hydrogen-bond donors (Lipinski definition) is 1. The highest BCUT2D eigenvalue weighted by Crippen LogP contribution is 2.16. The van der Waals surface area contributed by atoms with Crippen molar-refractivity contribution in [2.24, 2.45) is 5.73 Å². The number of nitrogens with two attached hydrogens (primary N) is 1. The average Bonchev–Trinajstić information content (AvgIpc) is 2.44. The minimum Gasteiger partial charge on any atom is -0.369 e. The lowest BCUT2D eigenvalue weighted by Gasteiger charge is -2.36. The molecule has 0 bridgehead atoms. The van der Waals surface area contributed by atoms with Crippen molar-refractivity contribution in [1.82, 2.24) is 9.88 Å². The van der Waals surface area contributed by atoms with Gasteiger partial charge in [-0.05, 0) is 45.0 Å². The van der Waals surface area contributed by atoms with Gasteiger partial charge in [0.25, 0.3) is 0 Å². The van der Waals surface area contributed by atoms with Crippen molar-refractivity contribution in [2.75, 3.05) is 44.2 Å². The van der Waals surface area contributed by atoms with Gasteiger partial charge in [-0.2, -0.15) is 0 Å². The summed E-state index contributed by atoms with van der Waals surface area (Å²) in [6, 6.07) is 4.29. The Hall–Kier alpha value is -1.13. The van der Waals surface area contributed by atoms with E-state index in [0.717, 1.165) is 31.7 Å². The fourth-order valence-electron chi connectivity index (χ4n) is 2.61. The first-order chi connectivity index (χ1) is 9.29. The smallest absolute Gasteiger partial charge is 0.0400 e. The summed E-state index contributed by atoms with van der Waals surface area (Å²) in [5.41, 5.74) is 7.93. The minimum absolute atomic E-state index is 0.829. The summed E-state index contributed by atoms with van der Waals surface area (Å²) in [6.07, 6.45) is 5.62. The van der Waals surface area contributed by atoms with Crippen LogP contribution in [0.3, 0.4) is 0 Å². The maximum atomic E-state index is 5.52. The summed E-state index contributed by atoms with van der Waals surface area (Å²) in [6.45, 7) is 8.70. The fraction of sp³-hybridized carbons (Fsp3) is 0.667. The number of unbranched alkanes of at least 4 members (excludes halogenated alkanes) is 2. The first kappa shape index (κ1) is 14.3. The summed E-state index contributed by atoms with van der Waals surface area (Å²) >= 11 is 0. The van der Waals surface area contributed by atoms with Crippen molar-refractivity contribution in [3.05, 3.63) is 24.0 Å². The van der Waals surface area contributed by atoms with Gasteiger partial charge in [0, 0.05) is 43.8 Å². The van der Waals surface area contributed by atoms with Gasteiger partial charge in [0.15, 0.2) is 0 Å². The fourth-order valence-corrected chi connectivity index (χ4v) is 2.61. The van der Waals surface area contributed by atoms with E-state index in [1.807, 2.05) is 6.20 Å². The third-order valence-electron chi connectivity index (χ3n) is 3.80. The molecule has 0 amide bonds. The van der Waals surface area contributed by atoms with Gasteiger partial charge in [0.2, 0.25) is 0 Å². The molecule has 2 N–H and O–H groups in total. The van der Waals surface area contributed by atoms with E-state index in [2.05, 4.69) is 33.8 Å². The van der Waals surface area contributed by atoms with Crippen molar-refractivity contribution in [2.45, 2.75) is 26.2 Å². The predicted octanol–water partition coefficient (Wildman–Crippen LogP) is 1.64. The highest BCUT2D eigenvalue weighted by atomic mass is 15.3. The van der Waals surface area contributed by atoms with E-state index >= 15 is 0 Å². The second kappa shape index (κ2) is 7.46. The molecule has 0 spiro atoms. The van der Waals surface area contributed by atoms with Crippen LogP contribution in [0.25, 0.3) is 0 Å². The predicted molar refractivity (Wildman–Crippen MR) is 80.5 cm³/mol. The Balaban J connectivity index is 1.73. The lowest BCUT2D eigenvalue weighted by molar-refractivity contribution is 0.252. The number of pyridine rings is 1. The zero-order valence-corrected chi connectivity index (χ0v) is 12.0. The Labute approximate surface area is 116 Å². The van der Waals surface area contributed by atoms with Crippen LogP contribution in [0.4, 0.5) is 5.69 Å². The standard InChI is InChI=1S/C15H26N4/c1-14-13-15(5-7-17-14)19-11-9-18(10-12-19)8-4-2-3-6-16/h5,7,13H,2-4,6,8-12,16H2,1H3. The van der Waals surface area contributed by atoms with Crippen LogP contribution in [-0.4, -0.2) is 49.2 Å². The van der Waals surface area contributed by atoms with Gasteiger partial charge >= 0.3 is 0 Å². The highest BCUT2D eigenvalue weighted by molar-refractivity contribution is 5.46. The molecule has 1 saturated heterocycles. The summed E-state index contributed by atoms with van der Waals surface area (Å²) in [4.78, 5) is 9.29. The normalized spacial score (nSPS) is 16.8. The summed E-state index contributed by atoms with van der Waals surface area (Å²) < 4.78 is 0. The summed E-state index contributed by atoms with van der Waals surface area (Å²) in [7, 11) is 0. The first-order valence-corrected chi connectivity index (χ1v) is 7.39. The molecule has 2 rings (SSSR count). The topological polar surface area (TPSA) is 45.4 Å². The van der Waals surface area contributed by atoms with Crippen molar-refractivity contribution in [1.29, 1.82) is 0 Å². The Morgan fingerprint density at radius 1 is 1.16 bits per heavy atom. The average molecular weight is 262 g/mol. The van der Waals surface area contributed by atoms with E-state index in [0.29, 0.717) is 0 Å². The number of anilines is 1. The molecular formula is C15H26N4. The van der Waals surface area contributed by atoms with Crippen molar-refractivity contribution in [3.63, 3.8) is 0 Å². The van der Waals surface area contributed by atoms with E-state index in [9.17, 15) is 0 Å². The van der Waals surface area contributed by atoms with E-state index in [4.69, 9.17) is 5.73 Å². The molecule has 0 atom stereocenters. The van der Waals surface area contributed by atoms with Crippen LogP contribution in [0.2, 0.25) is 0 Å². The Kier molecular flexibility index (Phi) is 5.61. The van der Waals surface area contributed by atoms with Gasteiger partial charge in [-0.25, -0.2) is 0 Å². The van der Waals surface area contributed by atoms with Crippen molar-refractivity contribution < 1.29 is 0 Å². The third-order valence-corrected chi connectivity index (χ3v) is 3.80. The molecular weight excluding hydrogens is 236 g/mol. The van der Waals surface area contributed by atoms with Crippen LogP contribution >= 0.6 is 0 Å². The third kappa shape index (κ3) is 4.48. The Morgan fingerprint density at radius 3 is 2.63 bits per heavy atom. The van der Waals surface area contributed by atoms with Gasteiger partial charge in [0.05, 0.1) is 0 Å². The van der Waals surface area contributed by atoms with E-state index in [1.165, 1.54) is 38.2 Å². The highest BCUT2D eigenvalue weighted by Gasteiger charge is 2.16. The lowest BCUT2D eigenvalue weighted by atomic mass is 10.2. The molecule has 4 heteroatoms. The number of aryl methyl sites for hydroxylation is 1. The molecule has 1 aromatic rings. The van der Waals surface area contributed by atoms with E-state index in [-0.39, 0.29) is 0 Å². The quantitative estimate of drug-likeness (QED) is 0.792. The molecule has 4 nitrogen and oxygen atoms in total. The zero-order valence-electron chi connectivity index (χ0n) is 12.0. The second-order valence-electron chi connectivity index (χ2n) is 5.33. The second-order valence-corrected chi connectivity index (χ2v) is 5.33. The van der Waals surface area contributed by atoms with Gasteiger partial charge in [-0.3, -0.25) is 9.88 Å². The number of rotatable bonds is 6. The monoisotopic (exact) mass is 262 g/mol. The molecule has 0 unspecified atom stereocenters. The van der Waals surface area contributed by atoms with Crippen molar-refractivity contribution >= 4 is 5.69 Å². The number of nitrogens with zero attached hydrogens (tertiary/aromatic N) is 3. The first-order valence-electron chi connectivity index (χ1n) is 7.39. The Morgan fingerprint density at radius 2 is 1.95 bits per heavy atom. The molecule has 1 aliphatic heterocycles. The van der Waals surface area contributed by atoms with Crippen LogP contribution in [0, 0.1) is 6.92 Å².